The Morgan fingerprint density at radius 1 is 1.06 bits per heavy atom. The molecule has 0 saturated heterocycles. The largest absolute Gasteiger partial charge is 0.508 e. The molecule has 0 fully saturated rings. The number of aromatic hydroxyl groups is 1. The van der Waals surface area contributed by atoms with Crippen molar-refractivity contribution in [1.29, 1.82) is 0 Å². The van der Waals surface area contributed by atoms with Gasteiger partial charge in [-0.3, -0.25) is 0 Å². The van der Waals surface area contributed by atoms with Crippen LogP contribution in [0.4, 0.5) is 0 Å². The third-order valence-corrected chi connectivity index (χ3v) is 3.14. The van der Waals surface area contributed by atoms with Crippen molar-refractivity contribution in [3.8, 4) is 5.75 Å². The van der Waals surface area contributed by atoms with Crippen molar-refractivity contribution in [2.24, 2.45) is 0 Å². The van der Waals surface area contributed by atoms with Crippen LogP contribution in [0.5, 0.6) is 5.75 Å². The van der Waals surface area contributed by atoms with Crippen LogP contribution in [0.2, 0.25) is 0 Å². The van der Waals surface area contributed by atoms with Crippen molar-refractivity contribution in [3.05, 3.63) is 65.2 Å². The Hall–Kier alpha value is -1.80. The van der Waals surface area contributed by atoms with Gasteiger partial charge in [-0.05, 0) is 25.5 Å². The third kappa shape index (κ3) is 3.11. The summed E-state index contributed by atoms with van der Waals surface area (Å²) in [6.07, 6.45) is 0. The van der Waals surface area contributed by atoms with Crippen molar-refractivity contribution in [2.45, 2.75) is 26.4 Å². The predicted octanol–water partition coefficient (Wildman–Crippen LogP) is 3.55. The van der Waals surface area contributed by atoms with Gasteiger partial charge in [-0.1, -0.05) is 48.0 Å². The second kappa shape index (κ2) is 5.69. The maximum Gasteiger partial charge on any atom is 0.120 e. The summed E-state index contributed by atoms with van der Waals surface area (Å²) in [6.45, 7) is 4.95. The highest BCUT2D eigenvalue weighted by atomic mass is 16.3. The van der Waals surface area contributed by atoms with E-state index in [1.807, 2.05) is 18.2 Å². The average Bonchev–Trinajstić information content (AvgIpc) is 2.38. The minimum absolute atomic E-state index is 0.132. The highest BCUT2D eigenvalue weighted by Gasteiger charge is 2.08. The van der Waals surface area contributed by atoms with Crippen LogP contribution in [-0.4, -0.2) is 5.11 Å². The number of phenols is 1. The number of hydrogen-bond acceptors (Lipinski definition) is 2. The normalized spacial score (nSPS) is 12.3. The maximum absolute atomic E-state index is 9.77. The van der Waals surface area contributed by atoms with Crippen LogP contribution < -0.4 is 5.32 Å². The Bertz CT molecular complexity index is 505. The van der Waals surface area contributed by atoms with E-state index in [-0.39, 0.29) is 6.04 Å². The zero-order valence-corrected chi connectivity index (χ0v) is 10.9. The summed E-state index contributed by atoms with van der Waals surface area (Å²) >= 11 is 0. The van der Waals surface area contributed by atoms with Crippen LogP contribution in [0.1, 0.15) is 29.7 Å². The van der Waals surface area contributed by atoms with Crippen LogP contribution in [0, 0.1) is 6.92 Å². The first-order valence-electron chi connectivity index (χ1n) is 6.23. The highest BCUT2D eigenvalue weighted by molar-refractivity contribution is 5.34. The molecule has 0 aliphatic heterocycles. The fourth-order valence-corrected chi connectivity index (χ4v) is 1.94. The van der Waals surface area contributed by atoms with Crippen LogP contribution in [-0.2, 0) is 6.54 Å². The molecule has 2 aromatic rings. The second-order valence-electron chi connectivity index (χ2n) is 4.65. The summed E-state index contributed by atoms with van der Waals surface area (Å²) in [6, 6.07) is 16.1. The van der Waals surface area contributed by atoms with Crippen LogP contribution in [0.3, 0.4) is 0 Å². The maximum atomic E-state index is 9.77. The van der Waals surface area contributed by atoms with Crippen LogP contribution >= 0.6 is 0 Å². The molecule has 1 atom stereocenters. The Balaban J connectivity index is 1.98. The van der Waals surface area contributed by atoms with Crippen molar-refractivity contribution in [1.82, 2.24) is 5.32 Å². The number of nitrogens with one attached hydrogen (secondary N) is 1. The van der Waals surface area contributed by atoms with Gasteiger partial charge in [0.1, 0.15) is 5.75 Å². The first kappa shape index (κ1) is 12.7. The third-order valence-electron chi connectivity index (χ3n) is 3.14. The second-order valence-corrected chi connectivity index (χ2v) is 4.65. The molecule has 0 aliphatic rings. The van der Waals surface area contributed by atoms with E-state index < -0.39 is 0 Å². The lowest BCUT2D eigenvalue weighted by Crippen LogP contribution is -2.18. The Morgan fingerprint density at radius 2 is 1.72 bits per heavy atom. The Kier molecular flexibility index (Phi) is 4.00. The quantitative estimate of drug-likeness (QED) is 0.858. The van der Waals surface area contributed by atoms with Crippen LogP contribution in [0.25, 0.3) is 0 Å². The van der Waals surface area contributed by atoms with Gasteiger partial charge in [0.2, 0.25) is 0 Å². The Labute approximate surface area is 108 Å². The topological polar surface area (TPSA) is 32.3 Å². The first-order valence-corrected chi connectivity index (χ1v) is 6.23. The van der Waals surface area contributed by atoms with Crippen molar-refractivity contribution in [2.75, 3.05) is 0 Å². The molecule has 0 aromatic heterocycles. The van der Waals surface area contributed by atoms with Crippen molar-refractivity contribution in [3.63, 3.8) is 0 Å². The van der Waals surface area contributed by atoms with Gasteiger partial charge in [0, 0.05) is 18.2 Å². The molecule has 0 spiro atoms. The Morgan fingerprint density at radius 3 is 2.39 bits per heavy atom. The summed E-state index contributed by atoms with van der Waals surface area (Å²) in [7, 11) is 0. The van der Waals surface area contributed by atoms with E-state index in [2.05, 4.69) is 43.4 Å². The molecule has 2 nitrogen and oxygen atoms in total. The summed E-state index contributed by atoms with van der Waals surface area (Å²) < 4.78 is 0. The standard InChI is InChI=1S/C16H19NO/c1-12-7-9-14(10-8-12)11-17-13(2)15-5-3-4-6-16(15)18/h3-10,13,17-18H,11H2,1-2H3. The van der Waals surface area contributed by atoms with Gasteiger partial charge in [0.15, 0.2) is 0 Å². The van der Waals surface area contributed by atoms with E-state index in [0.29, 0.717) is 5.75 Å². The van der Waals surface area contributed by atoms with Crippen molar-refractivity contribution < 1.29 is 5.11 Å². The smallest absolute Gasteiger partial charge is 0.120 e. The fourth-order valence-electron chi connectivity index (χ4n) is 1.94. The molecule has 94 valence electrons. The minimum Gasteiger partial charge on any atom is -0.508 e. The van der Waals surface area contributed by atoms with Crippen molar-refractivity contribution >= 4 is 0 Å². The van der Waals surface area contributed by atoms with Gasteiger partial charge in [-0.2, -0.15) is 0 Å². The molecular formula is C16H19NO. The van der Waals surface area contributed by atoms with E-state index in [9.17, 15) is 5.11 Å². The molecule has 0 amide bonds. The molecule has 2 heteroatoms. The highest BCUT2D eigenvalue weighted by Crippen LogP contribution is 2.23. The number of rotatable bonds is 4. The van der Waals surface area contributed by atoms with Gasteiger partial charge >= 0.3 is 0 Å². The molecule has 0 aliphatic carbocycles. The van der Waals surface area contributed by atoms with E-state index in [1.54, 1.807) is 6.07 Å². The number of phenolic OH excluding ortho intramolecular Hbond substituents is 1. The van der Waals surface area contributed by atoms with Gasteiger partial charge < -0.3 is 10.4 Å². The molecule has 0 bridgehead atoms. The number of para-hydroxylation sites is 1. The van der Waals surface area contributed by atoms with Gasteiger partial charge in [0.05, 0.1) is 0 Å². The monoisotopic (exact) mass is 241 g/mol. The molecule has 1 unspecified atom stereocenters. The average molecular weight is 241 g/mol. The summed E-state index contributed by atoms with van der Waals surface area (Å²) in [5.41, 5.74) is 3.46. The van der Waals surface area contributed by atoms with E-state index in [4.69, 9.17) is 0 Å². The van der Waals surface area contributed by atoms with Gasteiger partial charge in [0.25, 0.3) is 0 Å². The molecule has 0 radical (unpaired) electrons. The van der Waals surface area contributed by atoms with Gasteiger partial charge in [-0.15, -0.1) is 0 Å². The number of benzene rings is 2. The predicted molar refractivity (Wildman–Crippen MR) is 74.5 cm³/mol. The summed E-state index contributed by atoms with van der Waals surface area (Å²) in [5, 5.41) is 13.2. The van der Waals surface area contributed by atoms with E-state index in [0.717, 1.165) is 12.1 Å². The molecule has 2 rings (SSSR count). The summed E-state index contributed by atoms with van der Waals surface area (Å²) in [5.74, 6) is 0.349. The van der Waals surface area contributed by atoms with E-state index in [1.165, 1.54) is 11.1 Å². The number of aryl methyl sites for hydroxylation is 1. The lowest BCUT2D eigenvalue weighted by Gasteiger charge is -2.15. The number of hydrogen-bond donors (Lipinski definition) is 2. The lowest BCUT2D eigenvalue weighted by molar-refractivity contribution is 0.452. The zero-order valence-electron chi connectivity index (χ0n) is 10.9. The zero-order chi connectivity index (χ0) is 13.0. The first-order chi connectivity index (χ1) is 8.66. The van der Waals surface area contributed by atoms with Gasteiger partial charge in [-0.25, -0.2) is 0 Å². The molecule has 18 heavy (non-hydrogen) atoms. The lowest BCUT2D eigenvalue weighted by atomic mass is 10.1. The molecule has 2 aromatic carbocycles. The molecule has 2 N–H and O–H groups in total. The molecular weight excluding hydrogens is 222 g/mol. The minimum atomic E-state index is 0.132. The van der Waals surface area contributed by atoms with E-state index >= 15 is 0 Å². The fraction of sp³-hybridized carbons (Fsp3) is 0.250. The van der Waals surface area contributed by atoms with Crippen LogP contribution in [0.15, 0.2) is 48.5 Å². The molecule has 0 saturated carbocycles. The molecule has 0 heterocycles. The summed E-state index contributed by atoms with van der Waals surface area (Å²) in [4.78, 5) is 0. The SMILES string of the molecule is Cc1ccc(CNC(C)c2ccccc2O)cc1.